The van der Waals surface area contributed by atoms with Crippen molar-refractivity contribution in [1.82, 2.24) is 0 Å². The van der Waals surface area contributed by atoms with Gasteiger partial charge in [-0.1, -0.05) is 0 Å². The van der Waals surface area contributed by atoms with Gasteiger partial charge in [-0.25, -0.2) is 0 Å². The first-order valence-corrected chi connectivity index (χ1v) is 6.11. The number of furan rings is 1. The van der Waals surface area contributed by atoms with Crippen LogP contribution in [0.5, 0.6) is 17.2 Å². The monoisotopic (exact) mass is 266 g/mol. The standard InChI is InChI=1S/C14H18O5/c1-5-18-13-10(8(2)15)11(16-3)9-6-7-19-12(9)14(13)17-4/h6-8,15H,5H2,1-4H3. The lowest BCUT2D eigenvalue weighted by molar-refractivity contribution is 0.185. The Balaban J connectivity index is 2.87. The molecule has 0 saturated heterocycles. The fraction of sp³-hybridized carbons (Fsp3) is 0.429. The Labute approximate surface area is 111 Å². The molecule has 0 saturated carbocycles. The maximum absolute atomic E-state index is 10.0. The molecular weight excluding hydrogens is 248 g/mol. The van der Waals surface area contributed by atoms with Crippen LogP contribution in [0.25, 0.3) is 11.0 Å². The van der Waals surface area contributed by atoms with Crippen LogP contribution >= 0.6 is 0 Å². The van der Waals surface area contributed by atoms with E-state index in [-0.39, 0.29) is 0 Å². The highest BCUT2D eigenvalue weighted by Gasteiger charge is 2.26. The molecule has 0 spiro atoms. The lowest BCUT2D eigenvalue weighted by atomic mass is 10.0. The molecule has 2 aromatic rings. The highest BCUT2D eigenvalue weighted by atomic mass is 16.5. The first kappa shape index (κ1) is 13.5. The average Bonchev–Trinajstić information content (AvgIpc) is 2.85. The fourth-order valence-electron chi connectivity index (χ4n) is 2.21. The maximum Gasteiger partial charge on any atom is 0.205 e. The zero-order valence-corrected chi connectivity index (χ0v) is 11.5. The van der Waals surface area contributed by atoms with E-state index in [0.29, 0.717) is 35.0 Å². The van der Waals surface area contributed by atoms with Crippen molar-refractivity contribution in [3.05, 3.63) is 17.9 Å². The van der Waals surface area contributed by atoms with Crippen LogP contribution in [0, 0.1) is 0 Å². The largest absolute Gasteiger partial charge is 0.495 e. The van der Waals surface area contributed by atoms with Crippen molar-refractivity contribution in [3.63, 3.8) is 0 Å². The van der Waals surface area contributed by atoms with Gasteiger partial charge in [0.2, 0.25) is 5.75 Å². The van der Waals surface area contributed by atoms with Gasteiger partial charge in [0, 0.05) is 0 Å². The highest BCUT2D eigenvalue weighted by Crippen LogP contribution is 2.48. The van der Waals surface area contributed by atoms with Crippen LogP contribution in [-0.4, -0.2) is 25.9 Å². The van der Waals surface area contributed by atoms with Crippen molar-refractivity contribution in [2.75, 3.05) is 20.8 Å². The molecule has 19 heavy (non-hydrogen) atoms. The summed E-state index contributed by atoms with van der Waals surface area (Å²) in [5, 5.41) is 10.8. The summed E-state index contributed by atoms with van der Waals surface area (Å²) in [6.07, 6.45) is 0.807. The van der Waals surface area contributed by atoms with E-state index in [1.165, 1.54) is 7.11 Å². The molecule has 2 rings (SSSR count). The molecule has 1 aromatic heterocycles. The second-order valence-electron chi connectivity index (χ2n) is 4.08. The van der Waals surface area contributed by atoms with Gasteiger partial charge in [0.05, 0.1) is 44.1 Å². The molecule has 1 heterocycles. The molecule has 0 fully saturated rings. The van der Waals surface area contributed by atoms with E-state index in [9.17, 15) is 5.11 Å². The lowest BCUT2D eigenvalue weighted by Crippen LogP contribution is -2.05. The quantitative estimate of drug-likeness (QED) is 0.901. The minimum absolute atomic E-state index is 0.450. The van der Waals surface area contributed by atoms with Crippen molar-refractivity contribution >= 4 is 11.0 Å². The zero-order chi connectivity index (χ0) is 14.0. The minimum atomic E-state index is -0.746. The van der Waals surface area contributed by atoms with Gasteiger partial charge in [-0.2, -0.15) is 0 Å². The number of aliphatic hydroxyl groups excluding tert-OH is 1. The molecule has 1 atom stereocenters. The molecule has 0 radical (unpaired) electrons. The van der Waals surface area contributed by atoms with Gasteiger partial charge in [-0.05, 0) is 19.9 Å². The highest BCUT2D eigenvalue weighted by molar-refractivity contribution is 5.93. The van der Waals surface area contributed by atoms with E-state index in [4.69, 9.17) is 18.6 Å². The van der Waals surface area contributed by atoms with E-state index < -0.39 is 6.10 Å². The number of hydrogen-bond acceptors (Lipinski definition) is 5. The third kappa shape index (κ3) is 2.10. The molecule has 0 amide bonds. The van der Waals surface area contributed by atoms with Gasteiger partial charge in [0.15, 0.2) is 11.3 Å². The van der Waals surface area contributed by atoms with Crippen molar-refractivity contribution in [3.8, 4) is 17.2 Å². The smallest absolute Gasteiger partial charge is 0.205 e. The summed E-state index contributed by atoms with van der Waals surface area (Å²) in [5.41, 5.74) is 1.11. The second-order valence-corrected chi connectivity index (χ2v) is 4.08. The molecule has 0 bridgehead atoms. The molecule has 0 aliphatic rings. The van der Waals surface area contributed by atoms with E-state index in [1.54, 1.807) is 26.4 Å². The van der Waals surface area contributed by atoms with Crippen molar-refractivity contribution in [2.24, 2.45) is 0 Å². The maximum atomic E-state index is 10.0. The van der Waals surface area contributed by atoms with Gasteiger partial charge in [-0.15, -0.1) is 0 Å². The summed E-state index contributed by atoms with van der Waals surface area (Å²) in [6, 6.07) is 1.78. The Morgan fingerprint density at radius 3 is 2.42 bits per heavy atom. The van der Waals surface area contributed by atoms with Crippen molar-refractivity contribution in [2.45, 2.75) is 20.0 Å². The third-order valence-electron chi connectivity index (χ3n) is 2.93. The zero-order valence-electron chi connectivity index (χ0n) is 11.5. The Bertz CT molecular complexity index is 571. The average molecular weight is 266 g/mol. The Morgan fingerprint density at radius 2 is 1.89 bits per heavy atom. The van der Waals surface area contributed by atoms with Crippen molar-refractivity contribution in [1.29, 1.82) is 0 Å². The minimum Gasteiger partial charge on any atom is -0.495 e. The topological polar surface area (TPSA) is 61.1 Å². The van der Waals surface area contributed by atoms with Gasteiger partial charge in [-0.3, -0.25) is 0 Å². The molecule has 0 aliphatic carbocycles. The number of hydrogen-bond donors (Lipinski definition) is 1. The summed E-state index contributed by atoms with van der Waals surface area (Å²) in [5.74, 6) is 1.47. The fourth-order valence-corrected chi connectivity index (χ4v) is 2.21. The van der Waals surface area contributed by atoms with Crippen LogP contribution in [0.15, 0.2) is 16.7 Å². The van der Waals surface area contributed by atoms with E-state index in [2.05, 4.69) is 0 Å². The Morgan fingerprint density at radius 1 is 1.21 bits per heavy atom. The predicted molar refractivity (Wildman–Crippen MR) is 71.1 cm³/mol. The number of rotatable bonds is 5. The summed E-state index contributed by atoms with van der Waals surface area (Å²) >= 11 is 0. The molecule has 1 aromatic carbocycles. The number of methoxy groups -OCH3 is 2. The van der Waals surface area contributed by atoms with Crippen LogP contribution in [0.3, 0.4) is 0 Å². The number of aliphatic hydroxyl groups is 1. The Kier molecular flexibility index (Phi) is 3.85. The van der Waals surface area contributed by atoms with E-state index >= 15 is 0 Å². The van der Waals surface area contributed by atoms with Gasteiger partial charge < -0.3 is 23.7 Å². The number of ether oxygens (including phenoxy) is 3. The molecule has 5 nitrogen and oxygen atoms in total. The second kappa shape index (κ2) is 5.40. The molecule has 104 valence electrons. The summed E-state index contributed by atoms with van der Waals surface area (Å²) in [6.45, 7) is 3.97. The first-order valence-electron chi connectivity index (χ1n) is 6.11. The van der Waals surface area contributed by atoms with Crippen molar-refractivity contribution < 1.29 is 23.7 Å². The van der Waals surface area contributed by atoms with E-state index in [0.717, 1.165) is 5.39 Å². The van der Waals surface area contributed by atoms with Crippen LogP contribution in [0.1, 0.15) is 25.5 Å². The summed E-state index contributed by atoms with van der Waals surface area (Å²) in [7, 11) is 3.09. The molecule has 0 aliphatic heterocycles. The van der Waals surface area contributed by atoms with Crippen LogP contribution < -0.4 is 14.2 Å². The van der Waals surface area contributed by atoms with Gasteiger partial charge in [0.1, 0.15) is 5.75 Å². The number of fused-ring (bicyclic) bond motifs is 1. The van der Waals surface area contributed by atoms with E-state index in [1.807, 2.05) is 6.92 Å². The SMILES string of the molecule is CCOc1c(C(C)O)c(OC)c2ccoc2c1OC. The lowest BCUT2D eigenvalue weighted by Gasteiger charge is -2.19. The molecule has 1 N–H and O–H groups in total. The summed E-state index contributed by atoms with van der Waals surface area (Å²) < 4.78 is 21.8. The molecule has 1 unspecified atom stereocenters. The van der Waals surface area contributed by atoms with Crippen LogP contribution in [0.4, 0.5) is 0 Å². The van der Waals surface area contributed by atoms with Gasteiger partial charge in [0.25, 0.3) is 0 Å². The van der Waals surface area contributed by atoms with Gasteiger partial charge >= 0.3 is 0 Å². The molecule has 5 heteroatoms. The van der Waals surface area contributed by atoms with Crippen LogP contribution in [0.2, 0.25) is 0 Å². The van der Waals surface area contributed by atoms with Crippen LogP contribution in [-0.2, 0) is 0 Å². The summed E-state index contributed by atoms with van der Waals surface area (Å²) in [4.78, 5) is 0. The first-order chi connectivity index (χ1) is 9.15. The number of benzene rings is 1. The third-order valence-corrected chi connectivity index (χ3v) is 2.93. The normalized spacial score (nSPS) is 12.5. The predicted octanol–water partition coefficient (Wildman–Crippen LogP) is 2.90. The Hall–Kier alpha value is -1.88. The molecular formula is C14H18O5.